The molecule has 1 atom stereocenters. The quantitative estimate of drug-likeness (QED) is 0.373. The molecule has 2 heterocycles. The van der Waals surface area contributed by atoms with Gasteiger partial charge in [0.2, 0.25) is 5.95 Å². The van der Waals surface area contributed by atoms with Crippen molar-refractivity contribution >= 4 is 21.9 Å². The molecule has 0 aliphatic heterocycles. The first-order valence-electron chi connectivity index (χ1n) is 8.94. The Balaban J connectivity index is 2.10. The van der Waals surface area contributed by atoms with Gasteiger partial charge in [0.25, 0.3) is 5.88 Å². The highest BCUT2D eigenvalue weighted by atomic mass is 79.9. The molecular formula is C20H18BrF2N3O3. The van der Waals surface area contributed by atoms with E-state index in [-0.39, 0.29) is 11.6 Å². The number of pyridine rings is 1. The summed E-state index contributed by atoms with van der Waals surface area (Å²) >= 11 is 3.37. The third-order valence-electron chi connectivity index (χ3n) is 4.08. The summed E-state index contributed by atoms with van der Waals surface area (Å²) < 4.78 is 40.1. The molecule has 9 heteroatoms. The largest absolute Gasteiger partial charge is 0.403 e. The first-order valence-corrected chi connectivity index (χ1v) is 9.74. The van der Waals surface area contributed by atoms with E-state index in [9.17, 15) is 13.6 Å². The normalized spacial score (nSPS) is 12.0. The van der Waals surface area contributed by atoms with Crippen LogP contribution in [0, 0.1) is 11.8 Å². The number of esters is 1. The van der Waals surface area contributed by atoms with Crippen LogP contribution in [-0.4, -0.2) is 33.4 Å². The molecular weight excluding hydrogens is 448 g/mol. The predicted molar refractivity (Wildman–Crippen MR) is 106 cm³/mol. The minimum atomic E-state index is -0.749. The molecule has 0 saturated carbocycles. The molecule has 0 aliphatic rings. The lowest BCUT2D eigenvalue weighted by Crippen LogP contribution is -2.28. The summed E-state index contributed by atoms with van der Waals surface area (Å²) in [5.74, 6) is -1.86. The van der Waals surface area contributed by atoms with Gasteiger partial charge in [-0.3, -0.25) is 0 Å². The molecule has 0 amide bonds. The number of hydrogen-bond donors (Lipinski definition) is 0. The molecule has 0 radical (unpaired) electrons. The van der Waals surface area contributed by atoms with Crippen LogP contribution in [0.15, 0.2) is 47.1 Å². The van der Waals surface area contributed by atoms with Crippen molar-refractivity contribution < 1.29 is 23.0 Å². The van der Waals surface area contributed by atoms with Gasteiger partial charge in [-0.1, -0.05) is 19.1 Å². The van der Waals surface area contributed by atoms with E-state index < -0.39 is 23.8 Å². The molecule has 1 aromatic carbocycles. The number of hydrogen-bond acceptors (Lipinski definition) is 5. The Morgan fingerprint density at radius 2 is 1.97 bits per heavy atom. The average molecular weight is 466 g/mol. The Hall–Kier alpha value is -2.65. The van der Waals surface area contributed by atoms with E-state index in [2.05, 4.69) is 26.0 Å². The van der Waals surface area contributed by atoms with Crippen molar-refractivity contribution in [2.45, 2.75) is 26.4 Å². The van der Waals surface area contributed by atoms with Crippen LogP contribution >= 0.6 is 15.9 Å². The van der Waals surface area contributed by atoms with Gasteiger partial charge in [0, 0.05) is 18.4 Å². The molecule has 29 heavy (non-hydrogen) atoms. The third-order valence-corrected chi connectivity index (χ3v) is 4.79. The van der Waals surface area contributed by atoms with Gasteiger partial charge >= 0.3 is 5.97 Å². The van der Waals surface area contributed by atoms with Crippen LogP contribution in [0.4, 0.5) is 8.78 Å². The van der Waals surface area contributed by atoms with E-state index in [4.69, 9.17) is 9.47 Å². The van der Waals surface area contributed by atoms with Gasteiger partial charge in [-0.05, 0) is 53.5 Å². The minimum absolute atomic E-state index is 0.0595. The zero-order valence-corrected chi connectivity index (χ0v) is 17.3. The van der Waals surface area contributed by atoms with Crippen molar-refractivity contribution in [2.24, 2.45) is 0 Å². The van der Waals surface area contributed by atoms with Gasteiger partial charge in [0.1, 0.15) is 16.0 Å². The number of carbonyl (C=O) groups is 1. The van der Waals surface area contributed by atoms with E-state index in [0.29, 0.717) is 28.8 Å². The second kappa shape index (κ2) is 9.23. The molecule has 0 spiro atoms. The van der Waals surface area contributed by atoms with Crippen LogP contribution in [0.1, 0.15) is 20.3 Å². The summed E-state index contributed by atoms with van der Waals surface area (Å²) in [6, 6.07) is 8.65. The van der Waals surface area contributed by atoms with E-state index in [0.717, 1.165) is 0 Å². The lowest BCUT2D eigenvalue weighted by molar-refractivity contribution is -0.147. The van der Waals surface area contributed by atoms with Gasteiger partial charge in [-0.2, -0.15) is 4.39 Å². The van der Waals surface area contributed by atoms with Gasteiger partial charge < -0.3 is 9.47 Å². The fourth-order valence-corrected chi connectivity index (χ4v) is 3.28. The van der Waals surface area contributed by atoms with E-state index in [1.165, 1.54) is 35.1 Å². The first kappa shape index (κ1) is 21.1. The SMILES string of the molecule is CCO[C@H](CC)C(=O)Oc1nn(-c2ccccc2F)c(-c2ccc(F)nc2)c1Br. The number of nitrogens with zero attached hydrogens (tertiary/aromatic N) is 3. The Morgan fingerprint density at radius 3 is 2.59 bits per heavy atom. The maximum atomic E-state index is 14.4. The number of para-hydroxylation sites is 1. The average Bonchev–Trinajstić information content (AvgIpc) is 3.03. The summed E-state index contributed by atoms with van der Waals surface area (Å²) in [6.07, 6.45) is 0.962. The number of carbonyl (C=O) groups excluding carboxylic acids is 1. The second-order valence-corrected chi connectivity index (χ2v) is 6.77. The van der Waals surface area contributed by atoms with Crippen molar-refractivity contribution in [1.29, 1.82) is 0 Å². The summed E-state index contributed by atoms with van der Waals surface area (Å²) in [4.78, 5) is 16.1. The maximum absolute atomic E-state index is 14.4. The lowest BCUT2D eigenvalue weighted by atomic mass is 10.2. The van der Waals surface area contributed by atoms with Crippen molar-refractivity contribution in [1.82, 2.24) is 14.8 Å². The molecule has 0 fully saturated rings. The fourth-order valence-electron chi connectivity index (χ4n) is 2.72. The van der Waals surface area contributed by atoms with E-state index >= 15 is 0 Å². The van der Waals surface area contributed by atoms with Gasteiger partial charge in [0.15, 0.2) is 6.10 Å². The molecule has 0 aliphatic carbocycles. The fraction of sp³-hybridized carbons (Fsp3) is 0.250. The number of rotatable bonds is 7. The Bertz CT molecular complexity index is 1010. The van der Waals surface area contributed by atoms with Gasteiger partial charge in [-0.15, -0.1) is 5.10 Å². The minimum Gasteiger partial charge on any atom is -0.403 e. The van der Waals surface area contributed by atoms with Crippen molar-refractivity contribution in [3.63, 3.8) is 0 Å². The molecule has 2 aromatic heterocycles. The standard InChI is InChI=1S/C20H18BrF2N3O3/c1-3-15(28-4-2)20(27)29-19-17(21)18(12-9-10-16(23)24-11-12)26(25-19)14-8-6-5-7-13(14)22/h5-11,15H,3-4H2,1-2H3/t15-/m1/s1. The number of ether oxygens (including phenoxy) is 2. The maximum Gasteiger partial charge on any atom is 0.342 e. The van der Waals surface area contributed by atoms with E-state index in [1.807, 2.05) is 0 Å². The van der Waals surface area contributed by atoms with Crippen LogP contribution < -0.4 is 4.74 Å². The zero-order chi connectivity index (χ0) is 21.0. The second-order valence-electron chi connectivity index (χ2n) is 5.97. The van der Waals surface area contributed by atoms with Crippen LogP contribution in [0.25, 0.3) is 16.9 Å². The van der Waals surface area contributed by atoms with Crippen molar-refractivity contribution in [3.8, 4) is 22.8 Å². The molecule has 0 bridgehead atoms. The lowest BCUT2D eigenvalue weighted by Gasteiger charge is -2.12. The Kier molecular flexibility index (Phi) is 6.71. The van der Waals surface area contributed by atoms with Crippen molar-refractivity contribution in [3.05, 3.63) is 58.8 Å². The summed E-state index contributed by atoms with van der Waals surface area (Å²) in [5.41, 5.74) is 0.940. The molecule has 3 rings (SSSR count). The summed E-state index contributed by atoms with van der Waals surface area (Å²) in [7, 11) is 0. The number of benzene rings is 1. The van der Waals surface area contributed by atoms with Crippen LogP contribution in [-0.2, 0) is 9.53 Å². The van der Waals surface area contributed by atoms with Crippen LogP contribution in [0.3, 0.4) is 0 Å². The predicted octanol–water partition coefficient (Wildman–Crippen LogP) is 4.70. The third kappa shape index (κ3) is 4.51. The van der Waals surface area contributed by atoms with Gasteiger partial charge in [0.05, 0.1) is 5.69 Å². The smallest absolute Gasteiger partial charge is 0.342 e. The number of aromatic nitrogens is 3. The Labute approximate surface area is 174 Å². The summed E-state index contributed by atoms with van der Waals surface area (Å²) in [5, 5.41) is 4.27. The molecule has 0 unspecified atom stereocenters. The van der Waals surface area contributed by atoms with E-state index in [1.54, 1.807) is 26.0 Å². The monoisotopic (exact) mass is 465 g/mol. The van der Waals surface area contributed by atoms with Crippen molar-refractivity contribution in [2.75, 3.05) is 6.61 Å². The molecule has 0 N–H and O–H groups in total. The Morgan fingerprint density at radius 1 is 1.21 bits per heavy atom. The highest BCUT2D eigenvalue weighted by Crippen LogP contribution is 2.37. The first-order chi connectivity index (χ1) is 14.0. The molecule has 6 nitrogen and oxygen atoms in total. The van der Waals surface area contributed by atoms with Crippen LogP contribution in [0.2, 0.25) is 0 Å². The molecule has 3 aromatic rings. The summed E-state index contributed by atoms with van der Waals surface area (Å²) in [6.45, 7) is 3.92. The van der Waals surface area contributed by atoms with Crippen LogP contribution in [0.5, 0.6) is 5.88 Å². The van der Waals surface area contributed by atoms with Gasteiger partial charge in [-0.25, -0.2) is 18.9 Å². The highest BCUT2D eigenvalue weighted by molar-refractivity contribution is 9.10. The highest BCUT2D eigenvalue weighted by Gasteiger charge is 2.26. The number of halogens is 3. The molecule has 152 valence electrons. The zero-order valence-electron chi connectivity index (χ0n) is 15.7. The molecule has 0 saturated heterocycles. The topological polar surface area (TPSA) is 66.2 Å².